The highest BCUT2D eigenvalue weighted by atomic mass is 14.7. The number of hydrogen-bond donors (Lipinski definition) is 0. The van der Waals surface area contributed by atoms with Crippen molar-refractivity contribution in [1.82, 2.24) is 9.97 Å². The average molecular weight is 332 g/mol. The summed E-state index contributed by atoms with van der Waals surface area (Å²) in [5, 5.41) is 3.54. The molecule has 0 fully saturated rings. The van der Waals surface area contributed by atoms with Crippen LogP contribution in [0.2, 0.25) is 0 Å². The third-order valence-electron chi connectivity index (χ3n) is 4.77. The van der Waals surface area contributed by atoms with E-state index in [2.05, 4.69) is 88.8 Å². The molecule has 0 amide bonds. The molecule has 0 spiro atoms. The van der Waals surface area contributed by atoms with Crippen LogP contribution in [0.1, 0.15) is 0 Å². The van der Waals surface area contributed by atoms with Gasteiger partial charge in [0.05, 0.1) is 11.2 Å². The third-order valence-corrected chi connectivity index (χ3v) is 4.77. The van der Waals surface area contributed by atoms with Crippen molar-refractivity contribution in [3.63, 3.8) is 0 Å². The number of hydrogen-bond acceptors (Lipinski definition) is 2. The number of aromatic nitrogens is 2. The fraction of sp³-hybridized carbons (Fsp3) is 0. The van der Waals surface area contributed by atoms with E-state index in [1.807, 2.05) is 18.5 Å². The molecule has 0 N–H and O–H groups in total. The van der Waals surface area contributed by atoms with E-state index in [9.17, 15) is 0 Å². The standard InChI is InChI=1S/C24H16N2/c1-2-9-21-17(6-1)12-14-26-24(21)19-8-5-7-18(16-19)20-13-15-25-23-11-4-3-10-22(20)23/h1-16H. The molecule has 0 unspecified atom stereocenters. The SMILES string of the molecule is c1cc(-c2nccc3ccccc23)cc(-c2ccnc3ccccc23)c1. The summed E-state index contributed by atoms with van der Waals surface area (Å²) in [6.45, 7) is 0. The Morgan fingerprint density at radius 1 is 0.538 bits per heavy atom. The molecule has 2 heteroatoms. The molecule has 0 atom stereocenters. The van der Waals surface area contributed by atoms with E-state index in [0.717, 1.165) is 22.2 Å². The molecule has 5 aromatic rings. The summed E-state index contributed by atoms with van der Waals surface area (Å²) in [6, 6.07) is 29.4. The zero-order valence-electron chi connectivity index (χ0n) is 14.1. The van der Waals surface area contributed by atoms with E-state index >= 15 is 0 Å². The molecule has 3 aromatic carbocycles. The van der Waals surface area contributed by atoms with Crippen LogP contribution < -0.4 is 0 Å². The highest BCUT2D eigenvalue weighted by Gasteiger charge is 2.08. The van der Waals surface area contributed by atoms with Crippen molar-refractivity contribution in [2.45, 2.75) is 0 Å². The van der Waals surface area contributed by atoms with Crippen molar-refractivity contribution in [3.05, 3.63) is 97.3 Å². The Morgan fingerprint density at radius 3 is 2.27 bits per heavy atom. The number of rotatable bonds is 2. The minimum Gasteiger partial charge on any atom is -0.256 e. The molecule has 26 heavy (non-hydrogen) atoms. The molecule has 0 saturated heterocycles. The number of nitrogens with zero attached hydrogens (tertiary/aromatic N) is 2. The summed E-state index contributed by atoms with van der Waals surface area (Å²) in [7, 11) is 0. The summed E-state index contributed by atoms with van der Waals surface area (Å²) >= 11 is 0. The quantitative estimate of drug-likeness (QED) is 0.389. The molecule has 0 aliphatic rings. The predicted octanol–water partition coefficient (Wildman–Crippen LogP) is 6.12. The van der Waals surface area contributed by atoms with Crippen LogP contribution in [0.15, 0.2) is 97.3 Å². The maximum atomic E-state index is 4.66. The minimum atomic E-state index is 1.01. The largest absolute Gasteiger partial charge is 0.256 e. The summed E-state index contributed by atoms with van der Waals surface area (Å²) in [5.41, 5.74) is 5.52. The smallest absolute Gasteiger partial charge is 0.0780 e. The minimum absolute atomic E-state index is 1.01. The van der Waals surface area contributed by atoms with Crippen LogP contribution in [0.5, 0.6) is 0 Å². The molecule has 0 saturated carbocycles. The van der Waals surface area contributed by atoms with Gasteiger partial charge in [-0.2, -0.15) is 0 Å². The Bertz CT molecular complexity index is 1140. The van der Waals surface area contributed by atoms with Gasteiger partial charge in [0, 0.05) is 28.7 Å². The molecule has 2 aromatic heterocycles. The molecule has 5 rings (SSSR count). The molecular formula is C24H16N2. The zero-order chi connectivity index (χ0) is 17.3. The van der Waals surface area contributed by atoms with Gasteiger partial charge >= 0.3 is 0 Å². The lowest BCUT2D eigenvalue weighted by atomic mass is 9.97. The van der Waals surface area contributed by atoms with E-state index in [1.54, 1.807) is 0 Å². The first-order chi connectivity index (χ1) is 12.9. The topological polar surface area (TPSA) is 25.8 Å². The van der Waals surface area contributed by atoms with Gasteiger partial charge in [-0.1, -0.05) is 60.7 Å². The number of para-hydroxylation sites is 1. The van der Waals surface area contributed by atoms with Gasteiger partial charge in [0.2, 0.25) is 0 Å². The van der Waals surface area contributed by atoms with Crippen molar-refractivity contribution in [2.24, 2.45) is 0 Å². The molecule has 0 aliphatic carbocycles. The lowest BCUT2D eigenvalue weighted by molar-refractivity contribution is 1.36. The Hall–Kier alpha value is -3.52. The van der Waals surface area contributed by atoms with Crippen LogP contribution >= 0.6 is 0 Å². The van der Waals surface area contributed by atoms with Gasteiger partial charge in [0.1, 0.15) is 0 Å². The number of pyridine rings is 2. The zero-order valence-corrected chi connectivity index (χ0v) is 14.1. The first kappa shape index (κ1) is 14.8. The second kappa shape index (κ2) is 6.08. The highest BCUT2D eigenvalue weighted by molar-refractivity contribution is 5.97. The second-order valence-electron chi connectivity index (χ2n) is 6.34. The van der Waals surface area contributed by atoms with Gasteiger partial charge < -0.3 is 0 Å². The monoisotopic (exact) mass is 332 g/mol. The van der Waals surface area contributed by atoms with E-state index < -0.39 is 0 Å². The van der Waals surface area contributed by atoms with Gasteiger partial charge in [-0.05, 0) is 40.8 Å². The summed E-state index contributed by atoms with van der Waals surface area (Å²) in [5.74, 6) is 0. The van der Waals surface area contributed by atoms with Gasteiger partial charge in [-0.3, -0.25) is 9.97 Å². The summed E-state index contributed by atoms with van der Waals surface area (Å²) in [6.07, 6.45) is 3.76. The van der Waals surface area contributed by atoms with E-state index in [4.69, 9.17) is 0 Å². The number of fused-ring (bicyclic) bond motifs is 2. The summed E-state index contributed by atoms with van der Waals surface area (Å²) in [4.78, 5) is 9.14. The van der Waals surface area contributed by atoms with Crippen LogP contribution in [0.25, 0.3) is 44.1 Å². The molecule has 0 radical (unpaired) electrons. The molecular weight excluding hydrogens is 316 g/mol. The van der Waals surface area contributed by atoms with Crippen molar-refractivity contribution < 1.29 is 0 Å². The Balaban J connectivity index is 1.72. The van der Waals surface area contributed by atoms with Crippen LogP contribution in [0.3, 0.4) is 0 Å². The van der Waals surface area contributed by atoms with E-state index in [1.165, 1.54) is 21.9 Å². The maximum Gasteiger partial charge on any atom is 0.0780 e. The van der Waals surface area contributed by atoms with Gasteiger partial charge in [0.25, 0.3) is 0 Å². The molecule has 2 heterocycles. The van der Waals surface area contributed by atoms with E-state index in [-0.39, 0.29) is 0 Å². The Kier molecular flexibility index (Phi) is 3.46. The fourth-order valence-electron chi connectivity index (χ4n) is 3.53. The van der Waals surface area contributed by atoms with E-state index in [0.29, 0.717) is 0 Å². The van der Waals surface area contributed by atoms with Crippen LogP contribution in [0.4, 0.5) is 0 Å². The second-order valence-corrected chi connectivity index (χ2v) is 6.34. The Labute approximate surface area is 151 Å². The molecule has 0 bridgehead atoms. The molecule has 0 aliphatic heterocycles. The molecule has 122 valence electrons. The maximum absolute atomic E-state index is 4.66. The van der Waals surface area contributed by atoms with Gasteiger partial charge in [-0.15, -0.1) is 0 Å². The van der Waals surface area contributed by atoms with Gasteiger partial charge in [0.15, 0.2) is 0 Å². The van der Waals surface area contributed by atoms with Crippen LogP contribution in [-0.2, 0) is 0 Å². The van der Waals surface area contributed by atoms with Crippen molar-refractivity contribution in [2.75, 3.05) is 0 Å². The third kappa shape index (κ3) is 2.44. The van der Waals surface area contributed by atoms with Crippen molar-refractivity contribution >= 4 is 21.7 Å². The average Bonchev–Trinajstić information content (AvgIpc) is 2.73. The van der Waals surface area contributed by atoms with Crippen molar-refractivity contribution in [1.29, 1.82) is 0 Å². The Morgan fingerprint density at radius 2 is 1.31 bits per heavy atom. The van der Waals surface area contributed by atoms with Gasteiger partial charge in [-0.25, -0.2) is 0 Å². The fourth-order valence-corrected chi connectivity index (χ4v) is 3.53. The van der Waals surface area contributed by atoms with Crippen LogP contribution in [-0.4, -0.2) is 9.97 Å². The van der Waals surface area contributed by atoms with Crippen molar-refractivity contribution in [3.8, 4) is 22.4 Å². The van der Waals surface area contributed by atoms with Crippen LogP contribution in [0, 0.1) is 0 Å². The highest BCUT2D eigenvalue weighted by Crippen LogP contribution is 2.32. The lowest BCUT2D eigenvalue weighted by Crippen LogP contribution is -1.88. The number of benzene rings is 3. The molecule has 2 nitrogen and oxygen atoms in total. The predicted molar refractivity (Wildman–Crippen MR) is 108 cm³/mol. The first-order valence-corrected chi connectivity index (χ1v) is 8.68. The first-order valence-electron chi connectivity index (χ1n) is 8.68. The summed E-state index contributed by atoms with van der Waals surface area (Å²) < 4.78 is 0. The lowest BCUT2D eigenvalue weighted by Gasteiger charge is -2.10. The normalized spacial score (nSPS) is 11.1.